The number of thioether (sulfide) groups is 1. The first-order valence-electron chi connectivity index (χ1n) is 9.44. The molecule has 0 radical (unpaired) electrons. The van der Waals surface area contributed by atoms with Crippen LogP contribution in [0.5, 0.6) is 0 Å². The quantitative estimate of drug-likeness (QED) is 0.430. The number of carbonyl (C=O) groups is 3. The van der Waals surface area contributed by atoms with E-state index in [4.69, 9.17) is 9.47 Å². The maximum atomic E-state index is 13.1. The summed E-state index contributed by atoms with van der Waals surface area (Å²) in [5.41, 5.74) is 0.901. The molecule has 3 rings (SSSR count). The molecular weight excluding hydrogens is 428 g/mol. The van der Waals surface area contributed by atoms with Crippen LogP contribution in [0.2, 0.25) is 0 Å². The number of nitrogens with one attached hydrogen (secondary N) is 1. The summed E-state index contributed by atoms with van der Waals surface area (Å²) in [5, 5.41) is 29.6. The van der Waals surface area contributed by atoms with Crippen molar-refractivity contribution in [2.75, 3.05) is 20.0 Å². The van der Waals surface area contributed by atoms with E-state index in [0.29, 0.717) is 11.3 Å². The summed E-state index contributed by atoms with van der Waals surface area (Å²) in [6, 6.07) is 5.04. The molecule has 168 valence electrons. The van der Waals surface area contributed by atoms with Gasteiger partial charge < -0.3 is 24.7 Å². The zero-order valence-corrected chi connectivity index (χ0v) is 18.3. The molecule has 3 N–H and O–H groups in total. The third-order valence-corrected chi connectivity index (χ3v) is 7.45. The summed E-state index contributed by atoms with van der Waals surface area (Å²) < 4.78 is 10.1. The molecule has 0 bridgehead atoms. The van der Waals surface area contributed by atoms with E-state index in [-0.39, 0.29) is 17.0 Å². The van der Waals surface area contributed by atoms with E-state index < -0.39 is 45.9 Å². The third kappa shape index (κ3) is 3.67. The Balaban J connectivity index is 2.33. The number of fused-ring (bicyclic) bond motifs is 1. The van der Waals surface area contributed by atoms with Crippen LogP contribution in [0.4, 0.5) is 5.69 Å². The molecule has 0 spiro atoms. The van der Waals surface area contributed by atoms with Gasteiger partial charge >= 0.3 is 17.9 Å². The molecule has 1 saturated heterocycles. The highest BCUT2D eigenvalue weighted by molar-refractivity contribution is 8.01. The predicted octanol–water partition coefficient (Wildman–Crippen LogP) is 0.642. The van der Waals surface area contributed by atoms with Gasteiger partial charge in [-0.25, -0.2) is 14.8 Å². The summed E-state index contributed by atoms with van der Waals surface area (Å²) in [5.74, 6) is -4.11. The van der Waals surface area contributed by atoms with Crippen molar-refractivity contribution >= 4 is 35.4 Å². The number of carbonyl (C=O) groups excluding carboxylic acids is 2. The van der Waals surface area contributed by atoms with Crippen LogP contribution in [0.15, 0.2) is 35.5 Å². The summed E-state index contributed by atoms with van der Waals surface area (Å²) in [4.78, 5) is 38.4. The van der Waals surface area contributed by atoms with Gasteiger partial charge in [0.05, 0.1) is 24.7 Å². The van der Waals surface area contributed by atoms with Crippen molar-refractivity contribution in [1.29, 1.82) is 0 Å². The van der Waals surface area contributed by atoms with Gasteiger partial charge in [0, 0.05) is 29.5 Å². The average molecular weight is 452 g/mol. The highest BCUT2D eigenvalue weighted by Gasteiger charge is 2.61. The molecular formula is C20H24N2O8S. The fourth-order valence-electron chi connectivity index (χ4n) is 4.61. The lowest BCUT2D eigenvalue weighted by Gasteiger charge is -2.50. The second-order valence-corrected chi connectivity index (χ2v) is 8.94. The number of nitrogens with zero attached hydrogens (tertiary/aromatic N) is 1. The Hall–Kier alpha value is -2.60. The molecule has 2 aliphatic rings. The topological polar surface area (TPSA) is 141 Å². The van der Waals surface area contributed by atoms with Gasteiger partial charge in [0.1, 0.15) is 12.0 Å². The summed E-state index contributed by atoms with van der Waals surface area (Å²) in [6.07, 6.45) is 0. The van der Waals surface area contributed by atoms with Gasteiger partial charge in [-0.15, -0.1) is 11.8 Å². The molecule has 1 aromatic rings. The van der Waals surface area contributed by atoms with E-state index in [1.807, 2.05) is 0 Å². The Morgan fingerprint density at radius 2 is 1.97 bits per heavy atom. The van der Waals surface area contributed by atoms with E-state index in [1.165, 1.54) is 44.2 Å². The number of esters is 2. The van der Waals surface area contributed by atoms with Crippen LogP contribution in [0.3, 0.4) is 0 Å². The van der Waals surface area contributed by atoms with E-state index in [9.17, 15) is 29.9 Å². The van der Waals surface area contributed by atoms with Gasteiger partial charge in [-0.1, -0.05) is 12.1 Å². The number of allylic oxidation sites excluding steroid dienone is 1. The largest absolute Gasteiger partial charge is 0.595 e. The molecule has 5 unspecified atom stereocenters. The highest BCUT2D eigenvalue weighted by atomic mass is 32.2. The molecule has 1 aromatic carbocycles. The summed E-state index contributed by atoms with van der Waals surface area (Å²) >= 11 is 1.29. The van der Waals surface area contributed by atoms with E-state index in [0.717, 1.165) is 0 Å². The predicted molar refractivity (Wildman–Crippen MR) is 109 cm³/mol. The first-order valence-corrected chi connectivity index (χ1v) is 10.4. The van der Waals surface area contributed by atoms with Gasteiger partial charge in [0.15, 0.2) is 5.69 Å². The van der Waals surface area contributed by atoms with Gasteiger partial charge in [-0.05, 0) is 19.4 Å². The highest BCUT2D eigenvalue weighted by Crippen LogP contribution is 2.57. The van der Waals surface area contributed by atoms with Crippen LogP contribution in [-0.2, 0) is 23.9 Å². The minimum atomic E-state index is -1.15. The van der Waals surface area contributed by atoms with Crippen LogP contribution in [-0.4, -0.2) is 64.0 Å². The number of carboxylic acid groups (broad SMARTS) is 1. The van der Waals surface area contributed by atoms with Crippen LogP contribution in [0.1, 0.15) is 25.3 Å². The van der Waals surface area contributed by atoms with Gasteiger partial charge in [0.2, 0.25) is 0 Å². The van der Waals surface area contributed by atoms with Gasteiger partial charge in [-0.2, -0.15) is 5.23 Å². The minimum absolute atomic E-state index is 0.00180. The zero-order valence-electron chi connectivity index (χ0n) is 17.4. The van der Waals surface area contributed by atoms with Gasteiger partial charge in [0.25, 0.3) is 0 Å². The average Bonchev–Trinajstić information content (AvgIpc) is 3.11. The second kappa shape index (κ2) is 8.50. The molecule has 0 saturated carbocycles. The number of ether oxygens (including phenoxy) is 2. The Labute approximate surface area is 182 Å². The first kappa shape index (κ1) is 23.1. The Morgan fingerprint density at radius 3 is 2.52 bits per heavy atom. The molecule has 2 aliphatic heterocycles. The monoisotopic (exact) mass is 452 g/mol. The summed E-state index contributed by atoms with van der Waals surface area (Å²) in [6.45, 7) is 3.36. The maximum Gasteiger partial charge on any atom is 0.336 e. The van der Waals surface area contributed by atoms with Crippen molar-refractivity contribution in [3.63, 3.8) is 0 Å². The number of hydrogen-bond acceptors (Lipinski definition) is 9. The number of hydrogen-bond donors (Lipinski definition) is 3. The van der Waals surface area contributed by atoms with Crippen molar-refractivity contribution in [3.8, 4) is 0 Å². The van der Waals surface area contributed by atoms with Gasteiger partial charge in [-0.3, -0.25) is 4.79 Å². The van der Waals surface area contributed by atoms with Crippen LogP contribution < -0.4 is 5.23 Å². The fraction of sp³-hybridized carbons (Fsp3) is 0.450. The lowest BCUT2D eigenvalue weighted by molar-refractivity contribution is -0.991. The number of methoxy groups -OCH3 is 2. The number of aliphatic carboxylic acids is 1. The molecule has 0 aromatic heterocycles. The molecule has 11 heteroatoms. The third-order valence-electron chi connectivity index (χ3n) is 5.93. The number of benzene rings is 1. The normalized spacial score (nSPS) is 28.7. The van der Waals surface area contributed by atoms with E-state index in [1.54, 1.807) is 24.8 Å². The fourth-order valence-corrected chi connectivity index (χ4v) is 6.21. The molecule has 10 nitrogen and oxygen atoms in total. The molecule has 0 amide bonds. The lowest BCUT2D eigenvalue weighted by atomic mass is 9.72. The van der Waals surface area contributed by atoms with Crippen LogP contribution in [0, 0.1) is 11.1 Å². The second-order valence-electron chi connectivity index (χ2n) is 7.49. The van der Waals surface area contributed by atoms with Crippen molar-refractivity contribution in [3.05, 3.63) is 46.3 Å². The van der Waals surface area contributed by atoms with Crippen molar-refractivity contribution in [2.24, 2.45) is 5.92 Å². The zero-order chi connectivity index (χ0) is 23.1. The SMILES string of the molecule is COC(=O)C1=C(C)N2C(C(=O)O)CSC2(C)C(C(=O)OC)C1c1cccc([NH+]([O-])O)c1. The molecule has 31 heavy (non-hydrogen) atoms. The first-order chi connectivity index (χ1) is 14.6. The van der Waals surface area contributed by atoms with Crippen LogP contribution >= 0.6 is 11.8 Å². The molecule has 5 atom stereocenters. The molecule has 1 fully saturated rings. The minimum Gasteiger partial charge on any atom is -0.595 e. The van der Waals surface area contributed by atoms with Crippen molar-refractivity contribution < 1.29 is 39.4 Å². The summed E-state index contributed by atoms with van der Waals surface area (Å²) in [7, 11) is 2.42. The number of quaternary nitrogens is 1. The lowest BCUT2D eigenvalue weighted by Crippen LogP contribution is -2.99. The van der Waals surface area contributed by atoms with E-state index in [2.05, 4.69) is 0 Å². The van der Waals surface area contributed by atoms with Crippen molar-refractivity contribution in [1.82, 2.24) is 4.90 Å². The molecule has 0 aliphatic carbocycles. The smallest absolute Gasteiger partial charge is 0.336 e. The van der Waals surface area contributed by atoms with Crippen LogP contribution in [0.25, 0.3) is 0 Å². The Morgan fingerprint density at radius 1 is 1.29 bits per heavy atom. The Bertz CT molecular complexity index is 949. The standard InChI is InChI=1S/C20H24N2O8S/c1-10-14(18(25)29-3)15(11-6-5-7-12(8-11)22(27)28)16(19(26)30-4)20(2)21(10)13(9-31-20)17(23)24/h5-8,13,15-16,22,27H,9H2,1-4H3,(H,23,24). The molecule has 2 heterocycles. The van der Waals surface area contributed by atoms with Crippen molar-refractivity contribution in [2.45, 2.75) is 30.7 Å². The maximum absolute atomic E-state index is 13.1. The van der Waals surface area contributed by atoms with E-state index >= 15 is 0 Å². The number of carboxylic acids is 1. The number of rotatable bonds is 5. The Kier molecular flexibility index (Phi) is 6.33.